The first-order valence-electron chi connectivity index (χ1n) is 3.97. The molecule has 0 unspecified atom stereocenters. The zero-order valence-electron chi connectivity index (χ0n) is 7.76. The first kappa shape index (κ1) is 15.4. The van der Waals surface area contributed by atoms with E-state index in [1.165, 1.54) is 0 Å². The van der Waals surface area contributed by atoms with Crippen LogP contribution in [-0.4, -0.2) is 30.4 Å². The Morgan fingerprint density at radius 3 is 1.50 bits per heavy atom. The highest BCUT2D eigenvalue weighted by molar-refractivity contribution is 4.98. The summed E-state index contributed by atoms with van der Waals surface area (Å²) in [6.45, 7) is 0.487. The molecule has 0 amide bonds. The largest absolute Gasteiger partial charge is 0.346 e. The topological polar surface area (TPSA) is 0 Å². The number of rotatable bonds is 5. The average Bonchev–Trinajstić information content (AvgIpc) is 2.15. The Morgan fingerprint density at radius 2 is 1.25 bits per heavy atom. The van der Waals surface area contributed by atoms with Gasteiger partial charge >= 0.3 is 24.2 Å². The third kappa shape index (κ3) is 2.37. The summed E-state index contributed by atoms with van der Waals surface area (Å²) in [5, 5.41) is 0. The quantitative estimate of drug-likeness (QED) is 0.659. The summed E-state index contributed by atoms with van der Waals surface area (Å²) in [4.78, 5) is 0. The van der Waals surface area contributed by atoms with Gasteiger partial charge in [-0.2, -0.15) is 26.3 Å². The molecule has 0 bridgehead atoms. The Labute approximate surface area is 84.4 Å². The lowest BCUT2D eigenvalue weighted by atomic mass is 10.00. The number of halogens is 9. The Morgan fingerprint density at radius 1 is 0.875 bits per heavy atom. The Balaban J connectivity index is 5.19. The van der Waals surface area contributed by atoms with Crippen molar-refractivity contribution in [1.82, 2.24) is 0 Å². The zero-order chi connectivity index (χ0) is 13.4. The van der Waals surface area contributed by atoms with Crippen LogP contribution in [-0.2, 0) is 0 Å². The molecule has 0 aliphatic rings. The van der Waals surface area contributed by atoms with E-state index in [4.69, 9.17) is 0 Å². The molecule has 0 aliphatic heterocycles. The molecule has 0 spiro atoms. The van der Waals surface area contributed by atoms with Gasteiger partial charge in [0.05, 0.1) is 0 Å². The first-order valence-corrected chi connectivity index (χ1v) is 3.97. The predicted octanol–water partition coefficient (Wildman–Crippen LogP) is 3.91. The summed E-state index contributed by atoms with van der Waals surface area (Å²) in [5.41, 5.74) is 0. The molecule has 0 nitrogen and oxygen atoms in total. The fourth-order valence-electron chi connectivity index (χ4n) is 0.773. The highest BCUT2D eigenvalue weighted by Gasteiger charge is 2.70. The van der Waals surface area contributed by atoms with Gasteiger partial charge in [-0.3, -0.25) is 0 Å². The molecule has 0 saturated heterocycles. The lowest BCUT2D eigenvalue weighted by Crippen LogP contribution is -2.56. The van der Waals surface area contributed by atoms with Gasteiger partial charge in [-0.15, -0.1) is 0 Å². The van der Waals surface area contributed by atoms with Gasteiger partial charge < -0.3 is 0 Å². The maximum absolute atomic E-state index is 12.5. The van der Waals surface area contributed by atoms with Crippen molar-refractivity contribution in [2.75, 3.05) is 0 Å². The molecular formula is C7H7F9. The van der Waals surface area contributed by atoms with E-state index in [1.807, 2.05) is 0 Å². The van der Waals surface area contributed by atoms with Crippen molar-refractivity contribution in [3.8, 4) is 0 Å². The molecule has 1 atom stereocenters. The van der Waals surface area contributed by atoms with E-state index in [2.05, 4.69) is 0 Å². The summed E-state index contributed by atoms with van der Waals surface area (Å²) in [6.07, 6.45) is -11.4. The van der Waals surface area contributed by atoms with E-state index < -0.39 is 36.8 Å². The predicted molar refractivity (Wildman–Crippen MR) is 36.0 cm³/mol. The molecule has 9 heteroatoms. The molecule has 16 heavy (non-hydrogen) atoms. The molecule has 0 N–H and O–H groups in total. The maximum Gasteiger partial charge on any atom is 0.346 e. The molecule has 0 aromatic rings. The van der Waals surface area contributed by atoms with Crippen LogP contribution in [0, 0.1) is 0 Å². The number of alkyl halides is 9. The van der Waals surface area contributed by atoms with E-state index in [1.54, 1.807) is 0 Å². The van der Waals surface area contributed by atoms with Crippen molar-refractivity contribution in [3.63, 3.8) is 0 Å². The lowest BCUT2D eigenvalue weighted by molar-refractivity contribution is -0.296. The maximum atomic E-state index is 12.5. The molecule has 0 radical (unpaired) electrons. The van der Waals surface area contributed by atoms with Crippen molar-refractivity contribution >= 4 is 0 Å². The summed E-state index contributed by atoms with van der Waals surface area (Å²) in [6, 6.07) is 0. The van der Waals surface area contributed by atoms with Gasteiger partial charge in [0, 0.05) is 6.42 Å². The minimum Gasteiger partial charge on any atom is -0.234 e. The lowest BCUT2D eigenvalue weighted by Gasteiger charge is -2.31. The average molecular weight is 262 g/mol. The van der Waals surface area contributed by atoms with Crippen molar-refractivity contribution in [2.24, 2.45) is 0 Å². The van der Waals surface area contributed by atoms with Gasteiger partial charge in [-0.05, 0) is 0 Å². The molecule has 0 fully saturated rings. The number of hydrogen-bond acceptors (Lipinski definition) is 0. The monoisotopic (exact) mass is 262 g/mol. The molecular weight excluding hydrogens is 255 g/mol. The van der Waals surface area contributed by atoms with Crippen LogP contribution in [0.5, 0.6) is 0 Å². The standard InChI is InChI=1S/C7H7F9/c1-2-5(11,12)7(15,16)3(8)6(13,14)4(9)10/h3-4H,2H2,1H3/t3-/m0/s1. The van der Waals surface area contributed by atoms with Gasteiger partial charge in [0.15, 0.2) is 0 Å². The van der Waals surface area contributed by atoms with Gasteiger partial charge in [-0.25, -0.2) is 13.2 Å². The summed E-state index contributed by atoms with van der Waals surface area (Å²) >= 11 is 0. The molecule has 0 heterocycles. The van der Waals surface area contributed by atoms with Crippen molar-refractivity contribution in [2.45, 2.75) is 43.7 Å². The van der Waals surface area contributed by atoms with Gasteiger partial charge in [0.1, 0.15) is 0 Å². The van der Waals surface area contributed by atoms with Crippen LogP contribution >= 0.6 is 0 Å². The molecule has 0 saturated carbocycles. The van der Waals surface area contributed by atoms with Crippen molar-refractivity contribution < 1.29 is 39.5 Å². The second kappa shape index (κ2) is 4.33. The first-order chi connectivity index (χ1) is 6.91. The Bertz CT molecular complexity index is 234. The van der Waals surface area contributed by atoms with E-state index >= 15 is 0 Å². The van der Waals surface area contributed by atoms with Crippen LogP contribution in [0.3, 0.4) is 0 Å². The molecule has 0 aromatic heterocycles. The van der Waals surface area contributed by atoms with Crippen LogP contribution in [0.4, 0.5) is 39.5 Å². The minimum atomic E-state index is -5.86. The highest BCUT2D eigenvalue weighted by Crippen LogP contribution is 2.46. The third-order valence-corrected chi connectivity index (χ3v) is 1.88. The second-order valence-electron chi connectivity index (χ2n) is 3.02. The molecule has 0 aromatic carbocycles. The SMILES string of the molecule is CCC(F)(F)C(F)(F)[C@@H](F)C(F)(F)C(F)F. The van der Waals surface area contributed by atoms with Gasteiger partial charge in [-0.1, -0.05) is 6.92 Å². The normalized spacial score (nSPS) is 16.7. The number of hydrogen-bond donors (Lipinski definition) is 0. The van der Waals surface area contributed by atoms with Crippen LogP contribution < -0.4 is 0 Å². The fourth-order valence-corrected chi connectivity index (χ4v) is 0.773. The fraction of sp³-hybridized carbons (Fsp3) is 1.00. The van der Waals surface area contributed by atoms with Crippen molar-refractivity contribution in [3.05, 3.63) is 0 Å². The van der Waals surface area contributed by atoms with Crippen LogP contribution in [0.15, 0.2) is 0 Å². The van der Waals surface area contributed by atoms with Gasteiger partial charge in [0.25, 0.3) is 0 Å². The zero-order valence-corrected chi connectivity index (χ0v) is 7.76. The second-order valence-corrected chi connectivity index (χ2v) is 3.02. The smallest absolute Gasteiger partial charge is 0.234 e. The Hall–Kier alpha value is -0.630. The van der Waals surface area contributed by atoms with Crippen molar-refractivity contribution in [1.29, 1.82) is 0 Å². The van der Waals surface area contributed by atoms with Crippen LogP contribution in [0.25, 0.3) is 0 Å². The van der Waals surface area contributed by atoms with Gasteiger partial charge in [0.2, 0.25) is 6.17 Å². The van der Waals surface area contributed by atoms with Crippen LogP contribution in [0.2, 0.25) is 0 Å². The van der Waals surface area contributed by atoms with E-state index in [-0.39, 0.29) is 0 Å². The summed E-state index contributed by atoms with van der Waals surface area (Å²) in [5.74, 6) is -16.8. The highest BCUT2D eigenvalue weighted by atomic mass is 19.3. The minimum absolute atomic E-state index is 0.487. The summed E-state index contributed by atoms with van der Waals surface area (Å²) < 4.78 is 110. The van der Waals surface area contributed by atoms with Crippen LogP contribution in [0.1, 0.15) is 13.3 Å². The summed E-state index contributed by atoms with van der Waals surface area (Å²) in [7, 11) is 0. The van der Waals surface area contributed by atoms with E-state index in [0.29, 0.717) is 6.92 Å². The van der Waals surface area contributed by atoms with E-state index in [9.17, 15) is 39.5 Å². The molecule has 0 aliphatic carbocycles. The Kier molecular flexibility index (Phi) is 4.15. The molecule has 0 rings (SSSR count). The van der Waals surface area contributed by atoms with E-state index in [0.717, 1.165) is 0 Å². The molecule has 98 valence electrons. The third-order valence-electron chi connectivity index (χ3n) is 1.88.